The van der Waals surface area contributed by atoms with Crippen molar-refractivity contribution in [2.45, 2.75) is 268 Å². The molecule has 690 valence electrons. The van der Waals surface area contributed by atoms with Gasteiger partial charge in [0.2, 0.25) is 82.7 Å². The Bertz CT molecular complexity index is 3450. The van der Waals surface area contributed by atoms with Crippen molar-refractivity contribution in [2.75, 3.05) is 122 Å². The van der Waals surface area contributed by atoms with Crippen molar-refractivity contribution in [1.29, 1.82) is 0 Å². The molecule has 0 aromatic carbocycles. The van der Waals surface area contributed by atoms with Crippen molar-refractivity contribution in [2.24, 2.45) is 65.1 Å². The largest absolute Gasteiger partial charge is 0.392 e. The number of imide groups is 1. The molecule has 0 spiro atoms. The molecule has 1 aliphatic carbocycles. The monoisotopic (exact) mass is 1710 g/mol. The van der Waals surface area contributed by atoms with Gasteiger partial charge >= 0.3 is 0 Å². The molecule has 8 N–H and O–H groups in total. The highest BCUT2D eigenvalue weighted by Crippen LogP contribution is 2.36. The second kappa shape index (κ2) is 51.9. The summed E-state index contributed by atoms with van der Waals surface area (Å²) in [4.78, 5) is 226. The van der Waals surface area contributed by atoms with Gasteiger partial charge in [0, 0.05) is 100 Å². The van der Waals surface area contributed by atoms with Gasteiger partial charge in [-0.3, -0.25) is 76.8 Å². The van der Waals surface area contributed by atoms with Crippen LogP contribution in [0.1, 0.15) is 195 Å². The van der Waals surface area contributed by atoms with E-state index in [1.165, 1.54) is 80.8 Å². The van der Waals surface area contributed by atoms with Gasteiger partial charge in [0.25, 0.3) is 0 Å². The van der Waals surface area contributed by atoms with E-state index in [1.54, 1.807) is 60.6 Å². The molecule has 34 nitrogen and oxygen atoms in total. The van der Waals surface area contributed by atoms with Gasteiger partial charge in [-0.05, 0) is 125 Å². The summed E-state index contributed by atoms with van der Waals surface area (Å²) < 4.78 is 17.2. The molecule has 34 heteroatoms. The molecular formula is C87H152N14O20. The molecule has 2 saturated heterocycles. The SMILES string of the molecule is CC=CCC(C)C(O)C1C(=O)NC(CC)C(=O)N(C)CC(=O)N(C)C(CC(C)C)C(=O)NC(C(C)C)C(=O)N(C)C(CC(C)C)C(=O)NC(C)C(=O)NC(COCC(=O)NCCOCCOCCNCCN2C(=O)CC(CC(O)C3CC(C)CC(C)C3=O)CC2=O)C(=O)N(C)C(CC(C)C)C(=O)N(C)C(CC(C)C)C(=O)N(C)C(C(C)C)C(=O)N1C. The highest BCUT2D eigenvalue weighted by Gasteiger charge is 2.47. The van der Waals surface area contributed by atoms with E-state index in [4.69, 9.17) is 14.2 Å². The molecule has 2 heterocycles. The molecule has 16 unspecified atom stereocenters. The van der Waals surface area contributed by atoms with Gasteiger partial charge in [-0.15, -0.1) is 0 Å². The van der Waals surface area contributed by atoms with Crippen molar-refractivity contribution in [3.63, 3.8) is 0 Å². The van der Waals surface area contributed by atoms with Crippen molar-refractivity contribution in [3.8, 4) is 0 Å². The number of aliphatic hydroxyl groups excluding tert-OH is 2. The lowest BCUT2D eigenvalue weighted by atomic mass is 9.71. The molecule has 2 aliphatic heterocycles. The number of nitrogens with one attached hydrogen (secondary N) is 6. The molecule has 121 heavy (non-hydrogen) atoms. The second-order valence-corrected chi connectivity index (χ2v) is 36.3. The van der Waals surface area contributed by atoms with E-state index in [0.717, 1.165) is 21.1 Å². The van der Waals surface area contributed by atoms with Gasteiger partial charge < -0.3 is 90.6 Å². The molecule has 14 amide bonds. The van der Waals surface area contributed by atoms with E-state index in [-0.39, 0.29) is 150 Å². The number of likely N-dealkylation sites (tertiary alicyclic amines) is 1. The van der Waals surface area contributed by atoms with Crippen LogP contribution in [0.2, 0.25) is 0 Å². The predicted molar refractivity (Wildman–Crippen MR) is 457 cm³/mol. The first kappa shape index (κ1) is 107. The van der Waals surface area contributed by atoms with Crippen LogP contribution in [0.5, 0.6) is 0 Å². The Morgan fingerprint density at radius 2 is 1.00 bits per heavy atom. The van der Waals surface area contributed by atoms with Crippen molar-refractivity contribution < 1.29 is 96.3 Å². The summed E-state index contributed by atoms with van der Waals surface area (Å²) in [5, 5.41) is 40.1. The molecule has 0 radical (unpaired) electrons. The van der Waals surface area contributed by atoms with Crippen molar-refractivity contribution >= 4 is 88.5 Å². The average Bonchev–Trinajstić information content (AvgIpc) is 0.806. The zero-order valence-electron chi connectivity index (χ0n) is 77.3. The predicted octanol–water partition coefficient (Wildman–Crippen LogP) is 2.77. The minimum atomic E-state index is -1.67. The van der Waals surface area contributed by atoms with E-state index < -0.39 is 187 Å². The summed E-state index contributed by atoms with van der Waals surface area (Å²) in [5.41, 5.74) is 0. The van der Waals surface area contributed by atoms with Gasteiger partial charge in [0.05, 0.1) is 51.8 Å². The third-order valence-corrected chi connectivity index (χ3v) is 23.2. The fraction of sp³-hybridized carbons (Fsp3) is 0.805. The zero-order chi connectivity index (χ0) is 91.9. The summed E-state index contributed by atoms with van der Waals surface area (Å²) in [6.45, 7) is 31.5. The van der Waals surface area contributed by atoms with Crippen LogP contribution in [0.3, 0.4) is 0 Å². The van der Waals surface area contributed by atoms with Crippen LogP contribution in [0.15, 0.2) is 12.2 Å². The quantitative estimate of drug-likeness (QED) is 0.0261. The Morgan fingerprint density at radius 3 is 1.53 bits per heavy atom. The maximum absolute atomic E-state index is 15.5. The number of piperidine rings is 1. The third-order valence-electron chi connectivity index (χ3n) is 23.2. The summed E-state index contributed by atoms with van der Waals surface area (Å²) in [6, 6.07) is -13.8. The number of ether oxygens (including phenoxy) is 3. The number of Topliss-reactive ketones (excluding diaryl/α,β-unsaturated/α-hetero) is 1. The fourth-order valence-corrected chi connectivity index (χ4v) is 16.0. The maximum atomic E-state index is 15.5. The highest BCUT2D eigenvalue weighted by molar-refractivity contribution is 6.01. The lowest BCUT2D eigenvalue weighted by Gasteiger charge is -2.41. The first-order valence-electron chi connectivity index (χ1n) is 43.7. The average molecular weight is 1710 g/mol. The number of likely N-dealkylation sites (N-methyl/N-ethyl adjacent to an activating group) is 7. The number of aliphatic hydroxyl groups is 2. The number of carbonyl (C=O) groups excluding carboxylic acids is 15. The van der Waals surface area contributed by atoms with Crippen LogP contribution in [0.4, 0.5) is 0 Å². The Balaban J connectivity index is 2.02. The summed E-state index contributed by atoms with van der Waals surface area (Å²) in [6.07, 6.45) is 3.40. The van der Waals surface area contributed by atoms with Crippen LogP contribution in [0, 0.1) is 65.1 Å². The summed E-state index contributed by atoms with van der Waals surface area (Å²) >= 11 is 0. The van der Waals surface area contributed by atoms with Crippen LogP contribution in [-0.4, -0.2) is 332 Å². The van der Waals surface area contributed by atoms with Crippen molar-refractivity contribution in [1.82, 2.24) is 71.1 Å². The van der Waals surface area contributed by atoms with Gasteiger partial charge in [-0.2, -0.15) is 0 Å². The number of hydrogen-bond acceptors (Lipinski definition) is 21. The Morgan fingerprint density at radius 1 is 0.504 bits per heavy atom. The van der Waals surface area contributed by atoms with Crippen LogP contribution >= 0.6 is 0 Å². The number of carbonyl (C=O) groups is 15. The van der Waals surface area contributed by atoms with Crippen LogP contribution in [-0.2, 0) is 86.1 Å². The molecule has 0 bridgehead atoms. The van der Waals surface area contributed by atoms with Gasteiger partial charge in [0.1, 0.15) is 72.8 Å². The molecule has 0 aromatic heterocycles. The van der Waals surface area contributed by atoms with Gasteiger partial charge in [0.15, 0.2) is 0 Å². The molecule has 3 aliphatic rings. The maximum Gasteiger partial charge on any atom is 0.247 e. The second-order valence-electron chi connectivity index (χ2n) is 36.3. The first-order chi connectivity index (χ1) is 56.6. The zero-order valence-corrected chi connectivity index (χ0v) is 77.3. The summed E-state index contributed by atoms with van der Waals surface area (Å²) in [5.74, 6) is -13.2. The summed E-state index contributed by atoms with van der Waals surface area (Å²) in [7, 11) is 9.62. The van der Waals surface area contributed by atoms with Gasteiger partial charge in [-0.1, -0.05) is 123 Å². The highest BCUT2D eigenvalue weighted by atomic mass is 16.5. The van der Waals surface area contributed by atoms with E-state index in [1.807, 2.05) is 62.3 Å². The number of ketones is 1. The standard InChI is InChI=1S/C87H152N14O20/c1-26-28-29-57(16)77(108)75-81(112)91-62(27-2)82(113)94(19)47-72(106)95(20)64(38-50(3)4)80(111)93-73(54(11)12)86(117)96(21)65(39-51(5)6)79(110)90-59(18)78(109)92-63(83(114)97(22)66(40-52(7)8)84(115)98(23)67(41-53(9)10)85(116)99(24)74(55(13)14)87(118)100(75)25)48-121-49-69(103)89-32-35-120-37-36-119-34-31-88-30-33-101-70(104)45-60(46-71(101)105)44-68(102)61-43-56(15)42-58(17)76(61)107/h26,28,50-68,73-75,77,88,102,108H,27,29-49H2,1-25H3,(H,89,103)(H,90,110)(H,91,112)(H,92,109)(H,93,111). The smallest absolute Gasteiger partial charge is 0.247 e. The number of allylic oxidation sites excluding steroid dienone is 2. The fourth-order valence-electron chi connectivity index (χ4n) is 16.0. The Hall–Kier alpha value is -8.05. The Kier molecular flexibility index (Phi) is 46.0. The number of amides is 14. The molecule has 3 fully saturated rings. The minimum absolute atomic E-state index is 0.00997. The lowest BCUT2D eigenvalue weighted by Crippen LogP contribution is -2.63. The van der Waals surface area contributed by atoms with E-state index in [0.29, 0.717) is 25.4 Å². The minimum Gasteiger partial charge on any atom is -0.392 e. The molecule has 1 saturated carbocycles. The molecule has 0 aromatic rings. The van der Waals surface area contributed by atoms with E-state index in [2.05, 4.69) is 38.8 Å². The molecular weight excluding hydrogens is 1560 g/mol. The van der Waals surface area contributed by atoms with Crippen LogP contribution < -0.4 is 31.9 Å². The topological polar surface area (TPSA) is 422 Å². The van der Waals surface area contributed by atoms with Crippen molar-refractivity contribution in [3.05, 3.63) is 12.2 Å². The normalized spacial score (nSPS) is 26.3. The Labute approximate surface area is 719 Å². The first-order valence-corrected chi connectivity index (χ1v) is 43.7. The number of nitrogens with zero attached hydrogens (tertiary/aromatic N) is 8. The van der Waals surface area contributed by atoms with Gasteiger partial charge in [-0.25, -0.2) is 0 Å². The molecule has 16 atom stereocenters. The molecule has 3 rings (SSSR count). The van der Waals surface area contributed by atoms with Crippen LogP contribution in [0.25, 0.3) is 0 Å². The lowest BCUT2D eigenvalue weighted by molar-refractivity contribution is -0.157. The number of hydrogen-bond donors (Lipinski definition) is 8. The van der Waals surface area contributed by atoms with E-state index in [9.17, 15) is 58.2 Å². The number of rotatable bonds is 34. The third kappa shape index (κ3) is 32.9. The van der Waals surface area contributed by atoms with E-state index >= 15 is 24.0 Å².